The molecule has 19 heavy (non-hydrogen) atoms. The van der Waals surface area contributed by atoms with E-state index in [1.165, 1.54) is 0 Å². The van der Waals surface area contributed by atoms with Crippen LogP contribution in [0.1, 0.15) is 23.2 Å². The molecular formula is C14H17N3OS. The van der Waals surface area contributed by atoms with Crippen LogP contribution in [0.25, 0.3) is 10.1 Å². The van der Waals surface area contributed by atoms with Crippen molar-refractivity contribution in [2.45, 2.75) is 12.8 Å². The SMILES string of the molecule is O=C(NCC1CCNCC1)c1cncc2ccsc12. The Morgan fingerprint density at radius 2 is 2.26 bits per heavy atom. The summed E-state index contributed by atoms with van der Waals surface area (Å²) in [5.74, 6) is 0.597. The summed E-state index contributed by atoms with van der Waals surface area (Å²) >= 11 is 1.59. The Morgan fingerprint density at radius 3 is 3.11 bits per heavy atom. The summed E-state index contributed by atoms with van der Waals surface area (Å²) in [6.45, 7) is 2.88. The number of amides is 1. The molecule has 3 rings (SSSR count). The van der Waals surface area contributed by atoms with Crippen LogP contribution in [-0.2, 0) is 0 Å². The molecule has 1 fully saturated rings. The standard InChI is InChI=1S/C14H17N3OS/c18-14(17-7-10-1-4-15-5-2-10)12-9-16-8-11-3-6-19-13(11)12/h3,6,8-10,15H,1-2,4-5,7H2,(H,17,18). The van der Waals surface area contributed by atoms with Gasteiger partial charge in [-0.05, 0) is 43.3 Å². The molecule has 2 aromatic heterocycles. The van der Waals surface area contributed by atoms with Crippen molar-refractivity contribution in [3.05, 3.63) is 29.4 Å². The van der Waals surface area contributed by atoms with Crippen molar-refractivity contribution in [2.75, 3.05) is 19.6 Å². The molecular weight excluding hydrogens is 258 g/mol. The normalized spacial score (nSPS) is 16.6. The van der Waals surface area contributed by atoms with Crippen LogP contribution >= 0.6 is 11.3 Å². The molecule has 0 radical (unpaired) electrons. The van der Waals surface area contributed by atoms with Gasteiger partial charge >= 0.3 is 0 Å². The van der Waals surface area contributed by atoms with Gasteiger partial charge in [-0.3, -0.25) is 9.78 Å². The van der Waals surface area contributed by atoms with Crippen LogP contribution in [0.15, 0.2) is 23.8 Å². The Hall–Kier alpha value is -1.46. The fraction of sp³-hybridized carbons (Fsp3) is 0.429. The molecule has 1 aliphatic heterocycles. The fourth-order valence-electron chi connectivity index (χ4n) is 2.47. The van der Waals surface area contributed by atoms with E-state index in [9.17, 15) is 4.79 Å². The van der Waals surface area contributed by atoms with Gasteiger partial charge in [0.15, 0.2) is 0 Å². The minimum atomic E-state index is -0.000849. The van der Waals surface area contributed by atoms with E-state index in [0.717, 1.165) is 42.6 Å². The predicted octanol–water partition coefficient (Wildman–Crippen LogP) is 2.03. The maximum Gasteiger partial charge on any atom is 0.254 e. The average molecular weight is 275 g/mol. The molecule has 100 valence electrons. The first-order valence-electron chi connectivity index (χ1n) is 6.65. The van der Waals surface area contributed by atoms with Crippen molar-refractivity contribution in [1.82, 2.24) is 15.6 Å². The lowest BCUT2D eigenvalue weighted by Crippen LogP contribution is -2.36. The summed E-state index contributed by atoms with van der Waals surface area (Å²) < 4.78 is 1.03. The van der Waals surface area contributed by atoms with Crippen LogP contribution in [0, 0.1) is 5.92 Å². The number of carbonyl (C=O) groups is 1. The maximum atomic E-state index is 12.2. The largest absolute Gasteiger partial charge is 0.352 e. The molecule has 2 N–H and O–H groups in total. The monoisotopic (exact) mass is 275 g/mol. The molecule has 2 aromatic rings. The molecule has 1 aliphatic rings. The number of rotatable bonds is 3. The van der Waals surface area contributed by atoms with Crippen LogP contribution in [0.2, 0.25) is 0 Å². The number of nitrogens with zero attached hydrogens (tertiary/aromatic N) is 1. The molecule has 0 spiro atoms. The van der Waals surface area contributed by atoms with Gasteiger partial charge in [0.25, 0.3) is 5.91 Å². The van der Waals surface area contributed by atoms with Crippen molar-refractivity contribution in [3.8, 4) is 0 Å². The van der Waals surface area contributed by atoms with Gasteiger partial charge in [0.1, 0.15) is 0 Å². The summed E-state index contributed by atoms with van der Waals surface area (Å²) in [5, 5.41) is 9.42. The molecule has 3 heterocycles. The average Bonchev–Trinajstić information content (AvgIpc) is 2.94. The zero-order chi connectivity index (χ0) is 13.1. The van der Waals surface area contributed by atoms with Crippen LogP contribution < -0.4 is 10.6 Å². The number of piperidine rings is 1. The molecule has 0 saturated carbocycles. The highest BCUT2D eigenvalue weighted by molar-refractivity contribution is 7.17. The fourth-order valence-corrected chi connectivity index (χ4v) is 3.35. The smallest absolute Gasteiger partial charge is 0.254 e. The Morgan fingerprint density at radius 1 is 1.42 bits per heavy atom. The lowest BCUT2D eigenvalue weighted by molar-refractivity contribution is 0.0945. The number of carbonyl (C=O) groups excluding carboxylic acids is 1. The molecule has 0 aliphatic carbocycles. The third kappa shape index (κ3) is 2.77. The maximum absolute atomic E-state index is 12.2. The first kappa shape index (κ1) is 12.6. The highest BCUT2D eigenvalue weighted by Gasteiger charge is 2.16. The van der Waals surface area contributed by atoms with Crippen molar-refractivity contribution >= 4 is 27.3 Å². The zero-order valence-corrected chi connectivity index (χ0v) is 11.5. The minimum Gasteiger partial charge on any atom is -0.352 e. The molecule has 1 amide bonds. The van der Waals surface area contributed by atoms with Gasteiger partial charge in [0.2, 0.25) is 0 Å². The van der Waals surface area contributed by atoms with Gasteiger partial charge in [-0.15, -0.1) is 11.3 Å². The quantitative estimate of drug-likeness (QED) is 0.901. The molecule has 4 nitrogen and oxygen atoms in total. The molecule has 0 atom stereocenters. The van der Waals surface area contributed by atoms with Gasteiger partial charge in [-0.2, -0.15) is 0 Å². The van der Waals surface area contributed by atoms with E-state index >= 15 is 0 Å². The molecule has 1 saturated heterocycles. The number of hydrogen-bond acceptors (Lipinski definition) is 4. The van der Waals surface area contributed by atoms with E-state index in [4.69, 9.17) is 0 Å². The molecule has 0 aromatic carbocycles. The summed E-state index contributed by atoms with van der Waals surface area (Å²) in [6.07, 6.45) is 5.75. The molecule has 0 unspecified atom stereocenters. The first-order chi connectivity index (χ1) is 9.34. The van der Waals surface area contributed by atoms with Crippen LogP contribution in [0.3, 0.4) is 0 Å². The topological polar surface area (TPSA) is 54.0 Å². The van der Waals surface area contributed by atoms with Crippen molar-refractivity contribution in [3.63, 3.8) is 0 Å². The Bertz CT molecular complexity index is 575. The number of nitrogens with one attached hydrogen (secondary N) is 2. The predicted molar refractivity (Wildman–Crippen MR) is 77.5 cm³/mol. The van der Waals surface area contributed by atoms with Crippen LogP contribution in [-0.4, -0.2) is 30.5 Å². The Balaban J connectivity index is 1.68. The number of thiophene rings is 1. The second-order valence-electron chi connectivity index (χ2n) is 4.93. The van der Waals surface area contributed by atoms with Gasteiger partial charge < -0.3 is 10.6 Å². The van der Waals surface area contributed by atoms with E-state index in [0.29, 0.717) is 11.5 Å². The van der Waals surface area contributed by atoms with Gasteiger partial charge in [-0.1, -0.05) is 0 Å². The first-order valence-corrected chi connectivity index (χ1v) is 7.52. The summed E-state index contributed by atoms with van der Waals surface area (Å²) in [4.78, 5) is 16.4. The van der Waals surface area contributed by atoms with Crippen LogP contribution in [0.4, 0.5) is 0 Å². The molecule has 0 bridgehead atoms. The van der Waals surface area contributed by atoms with Crippen molar-refractivity contribution < 1.29 is 4.79 Å². The van der Waals surface area contributed by atoms with E-state index in [1.54, 1.807) is 23.7 Å². The highest BCUT2D eigenvalue weighted by atomic mass is 32.1. The summed E-state index contributed by atoms with van der Waals surface area (Å²) in [6, 6.07) is 2.00. The van der Waals surface area contributed by atoms with Crippen molar-refractivity contribution in [1.29, 1.82) is 0 Å². The van der Waals surface area contributed by atoms with E-state index in [-0.39, 0.29) is 5.91 Å². The Labute approximate surface area is 116 Å². The van der Waals surface area contributed by atoms with Gasteiger partial charge in [0.05, 0.1) is 10.3 Å². The lowest BCUT2D eigenvalue weighted by Gasteiger charge is -2.22. The highest BCUT2D eigenvalue weighted by Crippen LogP contribution is 2.23. The second kappa shape index (κ2) is 5.67. The van der Waals surface area contributed by atoms with E-state index in [1.807, 2.05) is 11.4 Å². The van der Waals surface area contributed by atoms with Gasteiger partial charge in [-0.25, -0.2) is 0 Å². The van der Waals surface area contributed by atoms with E-state index < -0.39 is 0 Å². The second-order valence-corrected chi connectivity index (χ2v) is 5.85. The lowest BCUT2D eigenvalue weighted by atomic mass is 9.98. The number of aromatic nitrogens is 1. The number of hydrogen-bond donors (Lipinski definition) is 2. The number of pyridine rings is 1. The minimum absolute atomic E-state index is 0.000849. The summed E-state index contributed by atoms with van der Waals surface area (Å²) in [7, 11) is 0. The third-order valence-corrected chi connectivity index (χ3v) is 4.58. The van der Waals surface area contributed by atoms with Gasteiger partial charge in [0, 0.05) is 24.3 Å². The third-order valence-electron chi connectivity index (χ3n) is 3.61. The van der Waals surface area contributed by atoms with E-state index in [2.05, 4.69) is 15.6 Å². The number of fused-ring (bicyclic) bond motifs is 1. The summed E-state index contributed by atoms with van der Waals surface area (Å²) in [5.41, 5.74) is 0.696. The Kier molecular flexibility index (Phi) is 3.75. The molecule has 5 heteroatoms. The van der Waals surface area contributed by atoms with Crippen molar-refractivity contribution in [2.24, 2.45) is 5.92 Å². The van der Waals surface area contributed by atoms with Crippen LogP contribution in [0.5, 0.6) is 0 Å². The zero-order valence-electron chi connectivity index (χ0n) is 10.7.